The lowest BCUT2D eigenvalue weighted by Crippen LogP contribution is -2.51. The van der Waals surface area contributed by atoms with E-state index < -0.39 is 11.7 Å². The van der Waals surface area contributed by atoms with E-state index in [4.69, 9.17) is 5.73 Å². The molecule has 1 atom stereocenters. The summed E-state index contributed by atoms with van der Waals surface area (Å²) in [6, 6.07) is 3.94. The fourth-order valence-electron chi connectivity index (χ4n) is 2.55. The van der Waals surface area contributed by atoms with Gasteiger partial charge < -0.3 is 15.5 Å². The fourth-order valence-corrected chi connectivity index (χ4v) is 2.55. The number of carbonyl (C=O) groups is 2. The number of rotatable bonds is 3. The van der Waals surface area contributed by atoms with Crippen molar-refractivity contribution < 1.29 is 22.8 Å². The Bertz CT molecular complexity index is 598. The largest absolute Gasteiger partial charge is 0.416 e. The number of alkyl halides is 3. The van der Waals surface area contributed by atoms with Gasteiger partial charge in [-0.15, -0.1) is 12.4 Å². The quantitative estimate of drug-likeness (QED) is 0.875. The molecule has 2 N–H and O–H groups in total. The summed E-state index contributed by atoms with van der Waals surface area (Å²) in [5, 5.41) is 0. The Hall–Kier alpha value is -1.80. The molecule has 140 valence electrons. The first kappa shape index (κ1) is 21.2. The highest BCUT2D eigenvalue weighted by Gasteiger charge is 2.31. The molecule has 0 aromatic heterocycles. The Kier molecular flexibility index (Phi) is 7.25. The van der Waals surface area contributed by atoms with Gasteiger partial charge in [-0.2, -0.15) is 13.2 Å². The number of benzene rings is 1. The van der Waals surface area contributed by atoms with E-state index in [0.29, 0.717) is 26.2 Å². The summed E-state index contributed by atoms with van der Waals surface area (Å²) < 4.78 is 37.6. The van der Waals surface area contributed by atoms with Crippen molar-refractivity contribution in [3.05, 3.63) is 35.4 Å². The van der Waals surface area contributed by atoms with E-state index in [1.165, 1.54) is 17.0 Å². The number of nitrogens with two attached hydrogens (primary N) is 1. The summed E-state index contributed by atoms with van der Waals surface area (Å²) in [4.78, 5) is 27.5. The molecular weight excluding hydrogens is 359 g/mol. The van der Waals surface area contributed by atoms with Gasteiger partial charge in [0, 0.05) is 44.2 Å². The second-order valence-electron chi connectivity index (χ2n) is 5.93. The molecular formula is C16H21ClF3N3O2. The second kappa shape index (κ2) is 8.53. The number of piperazine rings is 1. The standard InChI is InChI=1S/C16H20F3N3O2.ClH/c1-11(20)10-14(23)21-6-8-22(9-7-21)15(24)12-2-4-13(5-3-12)16(17,18)19;/h2-5,11H,6-10,20H2,1H3;1H. The molecule has 2 amide bonds. The average Bonchev–Trinajstić information content (AvgIpc) is 2.53. The van der Waals surface area contributed by atoms with Crippen molar-refractivity contribution in [3.8, 4) is 0 Å². The maximum absolute atomic E-state index is 12.5. The van der Waals surface area contributed by atoms with Crippen LogP contribution >= 0.6 is 12.4 Å². The van der Waals surface area contributed by atoms with E-state index >= 15 is 0 Å². The monoisotopic (exact) mass is 379 g/mol. The van der Waals surface area contributed by atoms with Crippen LogP contribution in [0.25, 0.3) is 0 Å². The highest BCUT2D eigenvalue weighted by Crippen LogP contribution is 2.29. The van der Waals surface area contributed by atoms with E-state index in [-0.39, 0.29) is 42.2 Å². The van der Waals surface area contributed by atoms with Crippen LogP contribution in [0.5, 0.6) is 0 Å². The molecule has 0 radical (unpaired) electrons. The highest BCUT2D eigenvalue weighted by molar-refractivity contribution is 5.94. The van der Waals surface area contributed by atoms with E-state index in [0.717, 1.165) is 12.1 Å². The van der Waals surface area contributed by atoms with Crippen LogP contribution in [-0.4, -0.2) is 53.8 Å². The number of carbonyl (C=O) groups excluding carboxylic acids is 2. The zero-order valence-corrected chi connectivity index (χ0v) is 14.6. The molecule has 0 spiro atoms. The molecule has 1 aliphatic heterocycles. The maximum atomic E-state index is 12.5. The normalized spacial score (nSPS) is 16.2. The number of nitrogens with zero attached hydrogens (tertiary/aromatic N) is 2. The van der Waals surface area contributed by atoms with Gasteiger partial charge in [0.05, 0.1) is 5.56 Å². The van der Waals surface area contributed by atoms with Gasteiger partial charge in [0.2, 0.25) is 5.91 Å². The third kappa shape index (κ3) is 5.61. The summed E-state index contributed by atoms with van der Waals surface area (Å²) >= 11 is 0. The Labute approximate surface area is 150 Å². The summed E-state index contributed by atoms with van der Waals surface area (Å²) in [5.41, 5.74) is 5.02. The van der Waals surface area contributed by atoms with Crippen LogP contribution in [0, 0.1) is 0 Å². The van der Waals surface area contributed by atoms with E-state index in [9.17, 15) is 22.8 Å². The van der Waals surface area contributed by atoms with Gasteiger partial charge in [-0.05, 0) is 31.2 Å². The van der Waals surface area contributed by atoms with Gasteiger partial charge in [0.25, 0.3) is 5.91 Å². The summed E-state index contributed by atoms with van der Waals surface area (Å²) in [5.74, 6) is -0.380. The summed E-state index contributed by atoms with van der Waals surface area (Å²) in [6.45, 7) is 3.26. The Balaban J connectivity index is 0.00000312. The van der Waals surface area contributed by atoms with Crippen LogP contribution in [-0.2, 0) is 11.0 Å². The third-order valence-electron chi connectivity index (χ3n) is 3.88. The molecule has 2 rings (SSSR count). The summed E-state index contributed by atoms with van der Waals surface area (Å²) in [7, 11) is 0. The van der Waals surface area contributed by atoms with Gasteiger partial charge in [-0.3, -0.25) is 9.59 Å². The van der Waals surface area contributed by atoms with Crippen molar-refractivity contribution in [2.75, 3.05) is 26.2 Å². The predicted molar refractivity (Wildman–Crippen MR) is 89.4 cm³/mol. The second-order valence-corrected chi connectivity index (χ2v) is 5.93. The van der Waals surface area contributed by atoms with E-state index in [2.05, 4.69) is 0 Å². The molecule has 1 heterocycles. The van der Waals surface area contributed by atoms with Gasteiger partial charge in [0.15, 0.2) is 0 Å². The van der Waals surface area contributed by atoms with Crippen LogP contribution in [0.2, 0.25) is 0 Å². The molecule has 9 heteroatoms. The van der Waals surface area contributed by atoms with Crippen molar-refractivity contribution >= 4 is 24.2 Å². The lowest BCUT2D eigenvalue weighted by Gasteiger charge is -2.35. The van der Waals surface area contributed by atoms with Crippen LogP contribution < -0.4 is 5.73 Å². The van der Waals surface area contributed by atoms with Crippen molar-refractivity contribution in [2.24, 2.45) is 5.73 Å². The zero-order chi connectivity index (χ0) is 17.9. The van der Waals surface area contributed by atoms with Gasteiger partial charge in [-0.1, -0.05) is 0 Å². The number of hydrogen-bond donors (Lipinski definition) is 1. The third-order valence-corrected chi connectivity index (χ3v) is 3.88. The Morgan fingerprint density at radius 3 is 2.00 bits per heavy atom. The smallest absolute Gasteiger partial charge is 0.339 e. The molecule has 0 aliphatic carbocycles. The molecule has 1 saturated heterocycles. The average molecular weight is 380 g/mol. The summed E-state index contributed by atoms with van der Waals surface area (Å²) in [6.07, 6.45) is -4.17. The Morgan fingerprint density at radius 2 is 1.56 bits per heavy atom. The maximum Gasteiger partial charge on any atom is 0.416 e. The van der Waals surface area contributed by atoms with Crippen LogP contribution in [0.15, 0.2) is 24.3 Å². The fraction of sp³-hybridized carbons (Fsp3) is 0.500. The van der Waals surface area contributed by atoms with Crippen LogP contribution in [0.4, 0.5) is 13.2 Å². The minimum Gasteiger partial charge on any atom is -0.339 e. The first-order valence-electron chi connectivity index (χ1n) is 7.68. The van der Waals surface area contributed by atoms with E-state index in [1.54, 1.807) is 11.8 Å². The minimum absolute atomic E-state index is 0. The van der Waals surface area contributed by atoms with Crippen molar-refractivity contribution in [1.82, 2.24) is 9.80 Å². The first-order valence-corrected chi connectivity index (χ1v) is 7.68. The topological polar surface area (TPSA) is 66.6 Å². The molecule has 1 aromatic rings. The molecule has 1 fully saturated rings. The van der Waals surface area contributed by atoms with Gasteiger partial charge in [-0.25, -0.2) is 0 Å². The molecule has 5 nitrogen and oxygen atoms in total. The Morgan fingerprint density at radius 1 is 1.08 bits per heavy atom. The lowest BCUT2D eigenvalue weighted by atomic mass is 10.1. The highest BCUT2D eigenvalue weighted by atomic mass is 35.5. The van der Waals surface area contributed by atoms with Crippen LogP contribution in [0.3, 0.4) is 0 Å². The molecule has 0 bridgehead atoms. The van der Waals surface area contributed by atoms with Gasteiger partial charge in [0.1, 0.15) is 0 Å². The van der Waals surface area contributed by atoms with E-state index in [1.807, 2.05) is 0 Å². The van der Waals surface area contributed by atoms with Crippen molar-refractivity contribution in [1.29, 1.82) is 0 Å². The van der Waals surface area contributed by atoms with Gasteiger partial charge >= 0.3 is 6.18 Å². The molecule has 1 unspecified atom stereocenters. The lowest BCUT2D eigenvalue weighted by molar-refractivity contribution is -0.137. The van der Waals surface area contributed by atoms with Crippen molar-refractivity contribution in [3.63, 3.8) is 0 Å². The van der Waals surface area contributed by atoms with Crippen LogP contribution in [0.1, 0.15) is 29.3 Å². The SMILES string of the molecule is CC(N)CC(=O)N1CCN(C(=O)c2ccc(C(F)(F)F)cc2)CC1.Cl. The zero-order valence-electron chi connectivity index (χ0n) is 13.8. The minimum atomic E-state index is -4.42. The number of halogens is 4. The predicted octanol–water partition coefficient (Wildman–Crippen LogP) is 2.15. The number of hydrogen-bond acceptors (Lipinski definition) is 3. The molecule has 1 aliphatic rings. The van der Waals surface area contributed by atoms with Crippen molar-refractivity contribution in [2.45, 2.75) is 25.6 Å². The number of amides is 2. The first-order chi connectivity index (χ1) is 11.2. The molecule has 25 heavy (non-hydrogen) atoms. The molecule has 0 saturated carbocycles. The molecule has 1 aromatic carbocycles.